The van der Waals surface area contributed by atoms with Gasteiger partial charge in [0.15, 0.2) is 0 Å². The molecular formula is C11H21ClN2O2. The minimum atomic E-state index is -0.251. The highest BCUT2D eigenvalue weighted by Crippen LogP contribution is 2.25. The summed E-state index contributed by atoms with van der Waals surface area (Å²) in [5.41, 5.74) is 0. The summed E-state index contributed by atoms with van der Waals surface area (Å²) >= 11 is 0. The molecule has 1 atom stereocenters. The zero-order valence-corrected chi connectivity index (χ0v) is 10.6. The highest BCUT2D eigenvalue weighted by molar-refractivity contribution is 5.85. The third kappa shape index (κ3) is 2.87. The zero-order valence-electron chi connectivity index (χ0n) is 9.78. The Bertz CT molecular complexity index is 228. The van der Waals surface area contributed by atoms with Crippen molar-refractivity contribution in [3.8, 4) is 0 Å². The molecule has 1 aliphatic heterocycles. The van der Waals surface area contributed by atoms with Gasteiger partial charge in [-0.25, -0.2) is 0 Å². The summed E-state index contributed by atoms with van der Waals surface area (Å²) in [6, 6.07) is 0.480. The molecule has 1 N–H and O–H groups in total. The van der Waals surface area contributed by atoms with Crippen LogP contribution in [0.15, 0.2) is 0 Å². The van der Waals surface area contributed by atoms with E-state index in [9.17, 15) is 4.79 Å². The van der Waals surface area contributed by atoms with Gasteiger partial charge in [-0.15, -0.1) is 12.4 Å². The van der Waals surface area contributed by atoms with Crippen LogP contribution in [-0.2, 0) is 9.53 Å². The first-order valence-electron chi connectivity index (χ1n) is 5.95. The smallest absolute Gasteiger partial charge is 0.253 e. The topological polar surface area (TPSA) is 41.6 Å². The molecule has 1 saturated carbocycles. The summed E-state index contributed by atoms with van der Waals surface area (Å²) in [6.45, 7) is 5.04. The van der Waals surface area contributed by atoms with Gasteiger partial charge in [-0.05, 0) is 26.2 Å². The molecule has 2 rings (SSSR count). The van der Waals surface area contributed by atoms with E-state index < -0.39 is 0 Å². The minimum absolute atomic E-state index is 0. The average molecular weight is 249 g/mol. The summed E-state index contributed by atoms with van der Waals surface area (Å²) in [7, 11) is 0. The Hall–Kier alpha value is -0.320. The third-order valence-electron chi connectivity index (χ3n) is 3.34. The number of rotatable bonds is 3. The van der Waals surface area contributed by atoms with Crippen LogP contribution in [0.1, 0.15) is 26.2 Å². The lowest BCUT2D eigenvalue weighted by Gasteiger charge is -2.39. The van der Waals surface area contributed by atoms with Crippen molar-refractivity contribution in [2.75, 3.05) is 26.2 Å². The maximum Gasteiger partial charge on any atom is 0.253 e. The van der Waals surface area contributed by atoms with Gasteiger partial charge in [0.25, 0.3) is 5.91 Å². The molecular weight excluding hydrogens is 228 g/mol. The van der Waals surface area contributed by atoms with Crippen LogP contribution in [0.3, 0.4) is 0 Å². The molecule has 16 heavy (non-hydrogen) atoms. The lowest BCUT2D eigenvalue weighted by atomic mass is 9.91. The molecule has 0 aromatic heterocycles. The Morgan fingerprint density at radius 3 is 2.69 bits per heavy atom. The van der Waals surface area contributed by atoms with Gasteiger partial charge in [-0.3, -0.25) is 4.79 Å². The summed E-state index contributed by atoms with van der Waals surface area (Å²) in [5.74, 6) is 0.175. The summed E-state index contributed by atoms with van der Waals surface area (Å²) in [5, 5.41) is 3.20. The molecule has 0 spiro atoms. The number of ether oxygens (including phenoxy) is 1. The maximum absolute atomic E-state index is 12.1. The van der Waals surface area contributed by atoms with Crippen molar-refractivity contribution < 1.29 is 9.53 Å². The van der Waals surface area contributed by atoms with E-state index in [4.69, 9.17) is 4.74 Å². The SMILES string of the molecule is CCN(C(=O)[C@H]1CNCCO1)C1CCC1.Cl. The molecule has 0 unspecified atom stereocenters. The number of carbonyl (C=O) groups excluding carboxylic acids is 1. The van der Waals surface area contributed by atoms with Crippen molar-refractivity contribution in [2.45, 2.75) is 38.3 Å². The molecule has 4 nitrogen and oxygen atoms in total. The normalized spacial score (nSPS) is 25.4. The van der Waals surface area contributed by atoms with E-state index in [1.807, 2.05) is 11.8 Å². The average Bonchev–Trinajstić information content (AvgIpc) is 2.23. The van der Waals surface area contributed by atoms with E-state index in [-0.39, 0.29) is 24.4 Å². The molecule has 2 aliphatic rings. The Labute approximate surface area is 103 Å². The number of halogens is 1. The van der Waals surface area contributed by atoms with Crippen molar-refractivity contribution in [2.24, 2.45) is 0 Å². The molecule has 2 fully saturated rings. The van der Waals surface area contributed by atoms with Crippen molar-refractivity contribution in [3.05, 3.63) is 0 Å². The number of nitrogens with one attached hydrogen (secondary N) is 1. The lowest BCUT2D eigenvalue weighted by Crippen LogP contribution is -2.53. The number of nitrogens with zero attached hydrogens (tertiary/aromatic N) is 1. The van der Waals surface area contributed by atoms with E-state index in [0.29, 0.717) is 19.2 Å². The fourth-order valence-corrected chi connectivity index (χ4v) is 2.20. The molecule has 0 radical (unpaired) electrons. The summed E-state index contributed by atoms with van der Waals surface area (Å²) in [4.78, 5) is 14.1. The highest BCUT2D eigenvalue weighted by Gasteiger charge is 2.32. The van der Waals surface area contributed by atoms with Gasteiger partial charge in [0.1, 0.15) is 6.10 Å². The second-order valence-electron chi connectivity index (χ2n) is 4.27. The number of carbonyl (C=O) groups is 1. The van der Waals surface area contributed by atoms with Gasteiger partial charge >= 0.3 is 0 Å². The predicted octanol–water partition coefficient (Wildman–Crippen LogP) is 0.798. The molecule has 1 amide bonds. The van der Waals surface area contributed by atoms with Crippen LogP contribution in [0.2, 0.25) is 0 Å². The van der Waals surface area contributed by atoms with Crippen molar-refractivity contribution >= 4 is 18.3 Å². The summed E-state index contributed by atoms with van der Waals surface area (Å²) < 4.78 is 5.49. The Balaban J connectivity index is 0.00000128. The molecule has 1 saturated heterocycles. The fraction of sp³-hybridized carbons (Fsp3) is 0.909. The second kappa shape index (κ2) is 6.42. The van der Waals surface area contributed by atoms with Crippen molar-refractivity contribution in [1.29, 1.82) is 0 Å². The second-order valence-corrected chi connectivity index (χ2v) is 4.27. The first kappa shape index (κ1) is 13.7. The van der Waals surface area contributed by atoms with E-state index in [1.165, 1.54) is 19.3 Å². The van der Waals surface area contributed by atoms with E-state index in [1.54, 1.807) is 0 Å². The molecule has 1 heterocycles. The molecule has 0 bridgehead atoms. The van der Waals surface area contributed by atoms with Crippen LogP contribution in [-0.4, -0.2) is 49.2 Å². The molecule has 0 aromatic carbocycles. The van der Waals surface area contributed by atoms with E-state index in [2.05, 4.69) is 5.32 Å². The van der Waals surface area contributed by atoms with Crippen LogP contribution < -0.4 is 5.32 Å². The van der Waals surface area contributed by atoms with Gasteiger partial charge in [-0.2, -0.15) is 0 Å². The summed E-state index contributed by atoms with van der Waals surface area (Å²) in [6.07, 6.45) is 3.34. The molecule has 5 heteroatoms. The first-order valence-corrected chi connectivity index (χ1v) is 5.95. The number of hydrogen-bond acceptors (Lipinski definition) is 3. The number of morpholine rings is 1. The molecule has 94 valence electrons. The van der Waals surface area contributed by atoms with Crippen LogP contribution >= 0.6 is 12.4 Å². The van der Waals surface area contributed by atoms with Gasteiger partial charge < -0.3 is 15.0 Å². The van der Waals surface area contributed by atoms with Gasteiger partial charge in [0.05, 0.1) is 6.61 Å². The highest BCUT2D eigenvalue weighted by atomic mass is 35.5. The van der Waals surface area contributed by atoms with Crippen LogP contribution in [0, 0.1) is 0 Å². The van der Waals surface area contributed by atoms with Gasteiger partial charge in [0, 0.05) is 25.7 Å². The minimum Gasteiger partial charge on any atom is -0.366 e. The molecule has 0 aromatic rings. The third-order valence-corrected chi connectivity index (χ3v) is 3.34. The first-order chi connectivity index (χ1) is 7.33. The standard InChI is InChI=1S/C11H20N2O2.ClH/c1-2-13(9-4-3-5-9)11(14)10-8-12-6-7-15-10;/h9-10,12H,2-8H2,1H3;1H/t10-;/m1./s1. The monoisotopic (exact) mass is 248 g/mol. The fourth-order valence-electron chi connectivity index (χ4n) is 2.20. The predicted molar refractivity (Wildman–Crippen MR) is 64.9 cm³/mol. The van der Waals surface area contributed by atoms with Gasteiger partial charge in [0.2, 0.25) is 0 Å². The Morgan fingerprint density at radius 2 is 2.25 bits per heavy atom. The van der Waals surface area contributed by atoms with E-state index in [0.717, 1.165) is 13.1 Å². The molecule has 1 aliphatic carbocycles. The van der Waals surface area contributed by atoms with E-state index >= 15 is 0 Å². The Kier molecular flexibility index (Phi) is 5.52. The van der Waals surface area contributed by atoms with Crippen molar-refractivity contribution in [3.63, 3.8) is 0 Å². The van der Waals surface area contributed by atoms with Crippen molar-refractivity contribution in [1.82, 2.24) is 10.2 Å². The zero-order chi connectivity index (χ0) is 10.7. The van der Waals surface area contributed by atoms with Crippen LogP contribution in [0.5, 0.6) is 0 Å². The van der Waals surface area contributed by atoms with Gasteiger partial charge in [-0.1, -0.05) is 0 Å². The maximum atomic E-state index is 12.1. The lowest BCUT2D eigenvalue weighted by molar-refractivity contribution is -0.149. The number of hydrogen-bond donors (Lipinski definition) is 1. The Morgan fingerprint density at radius 1 is 1.50 bits per heavy atom. The number of amides is 1. The largest absolute Gasteiger partial charge is 0.366 e. The van der Waals surface area contributed by atoms with Crippen LogP contribution in [0.25, 0.3) is 0 Å². The quantitative estimate of drug-likeness (QED) is 0.803. The van der Waals surface area contributed by atoms with Crippen LogP contribution in [0.4, 0.5) is 0 Å². The number of likely N-dealkylation sites (N-methyl/N-ethyl adjacent to an activating group) is 1.